The number of aryl methyl sites for hydroxylation is 3. The molecule has 2 rings (SSSR count). The lowest BCUT2D eigenvalue weighted by atomic mass is 10.2. The summed E-state index contributed by atoms with van der Waals surface area (Å²) in [7, 11) is 0. The fraction of sp³-hybridized carbons (Fsp3) is 0.571. The molecule has 2 aromatic rings. The number of thiazole rings is 1. The van der Waals surface area contributed by atoms with Crippen LogP contribution in [0.25, 0.3) is 0 Å². The van der Waals surface area contributed by atoms with E-state index < -0.39 is 0 Å². The Bertz CT molecular complexity index is 619. The van der Waals surface area contributed by atoms with Gasteiger partial charge in [0.25, 0.3) is 0 Å². The van der Waals surface area contributed by atoms with Gasteiger partial charge in [0.15, 0.2) is 0 Å². The summed E-state index contributed by atoms with van der Waals surface area (Å²) >= 11 is 1.57. The van der Waals surface area contributed by atoms with Gasteiger partial charge in [0.2, 0.25) is 5.91 Å². The van der Waals surface area contributed by atoms with E-state index in [0.29, 0.717) is 6.42 Å². The van der Waals surface area contributed by atoms with Crippen LogP contribution in [0.1, 0.15) is 47.7 Å². The molecule has 6 nitrogen and oxygen atoms in total. The minimum Gasteiger partial charge on any atom is -0.346 e. The highest BCUT2D eigenvalue weighted by Crippen LogP contribution is 2.18. The second-order valence-electron chi connectivity index (χ2n) is 5.05. The predicted octanol–water partition coefficient (Wildman–Crippen LogP) is 2.18. The van der Waals surface area contributed by atoms with Gasteiger partial charge in [0.1, 0.15) is 12.2 Å². The highest BCUT2D eigenvalue weighted by atomic mass is 32.1. The molecule has 0 radical (unpaired) electrons. The van der Waals surface area contributed by atoms with Crippen LogP contribution in [0.2, 0.25) is 0 Å². The monoisotopic (exact) mass is 307 g/mol. The Kier molecular flexibility index (Phi) is 5.06. The second kappa shape index (κ2) is 6.80. The van der Waals surface area contributed by atoms with Crippen LogP contribution in [-0.4, -0.2) is 25.7 Å². The number of carbonyl (C=O) groups is 1. The van der Waals surface area contributed by atoms with Gasteiger partial charge >= 0.3 is 0 Å². The first kappa shape index (κ1) is 15.6. The van der Waals surface area contributed by atoms with E-state index in [1.807, 2.05) is 25.5 Å². The van der Waals surface area contributed by atoms with Crippen LogP contribution >= 0.6 is 11.3 Å². The van der Waals surface area contributed by atoms with Crippen LogP contribution in [0, 0.1) is 13.8 Å². The molecule has 0 unspecified atom stereocenters. The lowest BCUT2D eigenvalue weighted by Crippen LogP contribution is -2.30. The smallest absolute Gasteiger partial charge is 0.225 e. The Morgan fingerprint density at radius 2 is 2.24 bits per heavy atom. The number of aromatic nitrogens is 4. The molecule has 0 aliphatic carbocycles. The van der Waals surface area contributed by atoms with E-state index in [-0.39, 0.29) is 11.9 Å². The fourth-order valence-electron chi connectivity index (χ4n) is 2.23. The summed E-state index contributed by atoms with van der Waals surface area (Å²) in [6, 6.07) is -0.152. The number of hydrogen-bond acceptors (Lipinski definition) is 5. The third-order valence-electron chi connectivity index (χ3n) is 3.17. The van der Waals surface area contributed by atoms with Crippen LogP contribution in [0.4, 0.5) is 0 Å². The minimum atomic E-state index is -0.152. The van der Waals surface area contributed by atoms with Gasteiger partial charge in [-0.25, -0.2) is 14.6 Å². The summed E-state index contributed by atoms with van der Waals surface area (Å²) in [5, 5.41) is 8.16. The molecule has 0 saturated carbocycles. The van der Waals surface area contributed by atoms with Crippen molar-refractivity contribution in [1.82, 2.24) is 25.1 Å². The van der Waals surface area contributed by atoms with Crippen molar-refractivity contribution >= 4 is 17.2 Å². The number of hydrogen-bond donors (Lipinski definition) is 1. The first-order valence-corrected chi connectivity index (χ1v) is 7.92. The summed E-state index contributed by atoms with van der Waals surface area (Å²) in [6.07, 6.45) is 2.88. The maximum absolute atomic E-state index is 12.2. The van der Waals surface area contributed by atoms with Crippen molar-refractivity contribution in [2.45, 2.75) is 53.1 Å². The Morgan fingerprint density at radius 1 is 1.48 bits per heavy atom. The Morgan fingerprint density at radius 3 is 2.86 bits per heavy atom. The Labute approximate surface area is 128 Å². The van der Waals surface area contributed by atoms with Crippen molar-refractivity contribution in [3.05, 3.63) is 27.7 Å². The summed E-state index contributed by atoms with van der Waals surface area (Å²) in [5.41, 5.74) is 0.939. The van der Waals surface area contributed by atoms with Crippen molar-refractivity contribution in [3.63, 3.8) is 0 Å². The number of carbonyl (C=O) groups excluding carboxylic acids is 1. The van der Waals surface area contributed by atoms with Gasteiger partial charge in [-0.05, 0) is 27.2 Å². The quantitative estimate of drug-likeness (QED) is 0.888. The molecule has 2 aromatic heterocycles. The van der Waals surface area contributed by atoms with Gasteiger partial charge in [0.05, 0.1) is 23.2 Å². The fourth-order valence-corrected chi connectivity index (χ4v) is 3.17. The van der Waals surface area contributed by atoms with E-state index in [1.165, 1.54) is 6.33 Å². The van der Waals surface area contributed by atoms with Crippen molar-refractivity contribution in [2.24, 2.45) is 0 Å². The lowest BCUT2D eigenvalue weighted by molar-refractivity contribution is -0.121. The molecule has 1 amide bonds. The highest BCUT2D eigenvalue weighted by molar-refractivity contribution is 7.11. The number of rotatable bonds is 6. The molecule has 0 aliphatic heterocycles. The van der Waals surface area contributed by atoms with Crippen LogP contribution in [-0.2, 0) is 17.8 Å². The standard InChI is InChI=1S/C14H21N5OS/c1-5-6-19-14(15-8-16-19)10(3)18-13(20)7-12-9(2)17-11(4)21-12/h8,10H,5-7H2,1-4H3,(H,18,20)/t10-/m1/s1. The van der Waals surface area contributed by atoms with Gasteiger partial charge in [-0.2, -0.15) is 5.10 Å². The highest BCUT2D eigenvalue weighted by Gasteiger charge is 2.17. The van der Waals surface area contributed by atoms with Crippen LogP contribution in [0.3, 0.4) is 0 Å². The molecule has 2 heterocycles. The molecule has 0 spiro atoms. The molecule has 0 aliphatic rings. The predicted molar refractivity (Wildman–Crippen MR) is 82.2 cm³/mol. The molecular formula is C14H21N5OS. The van der Waals surface area contributed by atoms with Crippen molar-refractivity contribution in [2.75, 3.05) is 0 Å². The molecule has 0 fully saturated rings. The van der Waals surface area contributed by atoms with Crippen molar-refractivity contribution in [3.8, 4) is 0 Å². The maximum Gasteiger partial charge on any atom is 0.225 e. The number of nitrogens with one attached hydrogen (secondary N) is 1. The van der Waals surface area contributed by atoms with Crippen molar-refractivity contribution in [1.29, 1.82) is 0 Å². The zero-order valence-corrected chi connectivity index (χ0v) is 13.7. The van der Waals surface area contributed by atoms with Gasteiger partial charge < -0.3 is 5.32 Å². The van der Waals surface area contributed by atoms with E-state index in [0.717, 1.165) is 34.4 Å². The van der Waals surface area contributed by atoms with Crippen molar-refractivity contribution < 1.29 is 4.79 Å². The Balaban J connectivity index is 1.98. The molecule has 0 saturated heterocycles. The zero-order chi connectivity index (χ0) is 15.4. The first-order valence-electron chi connectivity index (χ1n) is 7.11. The molecule has 114 valence electrons. The average molecular weight is 307 g/mol. The SMILES string of the molecule is CCCn1ncnc1[C@@H](C)NC(=O)Cc1sc(C)nc1C. The molecule has 7 heteroatoms. The van der Waals surface area contributed by atoms with E-state index in [9.17, 15) is 4.79 Å². The molecule has 0 bridgehead atoms. The van der Waals surface area contributed by atoms with Gasteiger partial charge in [-0.1, -0.05) is 6.92 Å². The largest absolute Gasteiger partial charge is 0.346 e. The molecular weight excluding hydrogens is 286 g/mol. The number of nitrogens with zero attached hydrogens (tertiary/aromatic N) is 4. The van der Waals surface area contributed by atoms with E-state index in [1.54, 1.807) is 11.3 Å². The van der Waals surface area contributed by atoms with Crippen LogP contribution in [0.15, 0.2) is 6.33 Å². The summed E-state index contributed by atoms with van der Waals surface area (Å²) in [5.74, 6) is 0.780. The Hall–Kier alpha value is -1.76. The van der Waals surface area contributed by atoms with Crippen LogP contribution in [0.5, 0.6) is 0 Å². The number of amides is 1. The topological polar surface area (TPSA) is 72.7 Å². The average Bonchev–Trinajstić information content (AvgIpc) is 2.97. The third-order valence-corrected chi connectivity index (χ3v) is 4.24. The molecule has 1 N–H and O–H groups in total. The molecule has 1 atom stereocenters. The van der Waals surface area contributed by atoms with E-state index >= 15 is 0 Å². The second-order valence-corrected chi connectivity index (χ2v) is 6.34. The van der Waals surface area contributed by atoms with Gasteiger partial charge in [-0.15, -0.1) is 11.3 Å². The summed E-state index contributed by atoms with van der Waals surface area (Å²) < 4.78 is 1.84. The normalized spacial score (nSPS) is 12.4. The molecule has 0 aromatic carbocycles. The first-order chi connectivity index (χ1) is 10.0. The third kappa shape index (κ3) is 3.87. The lowest BCUT2D eigenvalue weighted by Gasteiger charge is -2.14. The van der Waals surface area contributed by atoms with Gasteiger partial charge in [0, 0.05) is 11.4 Å². The van der Waals surface area contributed by atoms with E-state index in [4.69, 9.17) is 0 Å². The maximum atomic E-state index is 12.2. The van der Waals surface area contributed by atoms with E-state index in [2.05, 4.69) is 27.3 Å². The molecule has 21 heavy (non-hydrogen) atoms. The summed E-state index contributed by atoms with van der Waals surface area (Å²) in [4.78, 5) is 21.8. The minimum absolute atomic E-state index is 0.0136. The van der Waals surface area contributed by atoms with Gasteiger partial charge in [-0.3, -0.25) is 4.79 Å². The summed E-state index contributed by atoms with van der Waals surface area (Å²) in [6.45, 7) is 8.72. The zero-order valence-electron chi connectivity index (χ0n) is 12.9. The van der Waals surface area contributed by atoms with Crippen LogP contribution < -0.4 is 5.32 Å².